The Morgan fingerprint density at radius 3 is 2.64 bits per heavy atom. The second-order valence-electron chi connectivity index (χ2n) is 4.82. The standard InChI is InChI=1S/C16H12Cl2N4O2S/c1-24-13-5-3-2-4-10(13)14-21-22-16(25-14)20-15(23)19-9-6-7-11(17)12(18)8-9/h2-8H,1H3,(H2,19,20,22,23). The summed E-state index contributed by atoms with van der Waals surface area (Å²) in [4.78, 5) is 12.1. The minimum absolute atomic E-state index is 0.355. The Labute approximate surface area is 157 Å². The molecular weight excluding hydrogens is 383 g/mol. The van der Waals surface area contributed by atoms with Gasteiger partial charge in [-0.1, -0.05) is 46.7 Å². The molecule has 25 heavy (non-hydrogen) atoms. The Bertz CT molecular complexity index is 917. The summed E-state index contributed by atoms with van der Waals surface area (Å²) in [5, 5.41) is 15.1. The molecule has 0 aliphatic heterocycles. The van der Waals surface area contributed by atoms with Crippen LogP contribution in [0.1, 0.15) is 0 Å². The summed E-state index contributed by atoms with van der Waals surface area (Å²) in [5.41, 5.74) is 1.32. The fraction of sp³-hybridized carbons (Fsp3) is 0.0625. The first kappa shape index (κ1) is 17.5. The maximum atomic E-state index is 12.1. The Balaban J connectivity index is 1.70. The zero-order chi connectivity index (χ0) is 17.8. The monoisotopic (exact) mass is 394 g/mol. The molecule has 0 saturated carbocycles. The average molecular weight is 395 g/mol. The second kappa shape index (κ2) is 7.69. The van der Waals surface area contributed by atoms with Crippen LogP contribution in [0.5, 0.6) is 5.75 Å². The molecule has 9 heteroatoms. The molecule has 0 saturated heterocycles. The van der Waals surface area contributed by atoms with Gasteiger partial charge >= 0.3 is 6.03 Å². The van der Waals surface area contributed by atoms with Crippen LogP contribution in [0.4, 0.5) is 15.6 Å². The van der Waals surface area contributed by atoms with E-state index in [0.717, 1.165) is 5.56 Å². The van der Waals surface area contributed by atoms with Gasteiger partial charge in [0.05, 0.1) is 22.7 Å². The minimum atomic E-state index is -0.457. The molecule has 0 radical (unpaired) electrons. The van der Waals surface area contributed by atoms with Crippen LogP contribution >= 0.6 is 34.5 Å². The van der Waals surface area contributed by atoms with Gasteiger partial charge in [0.15, 0.2) is 5.01 Å². The molecule has 6 nitrogen and oxygen atoms in total. The van der Waals surface area contributed by atoms with Gasteiger partial charge in [0.25, 0.3) is 0 Å². The highest BCUT2D eigenvalue weighted by Gasteiger charge is 2.13. The number of hydrogen-bond donors (Lipinski definition) is 2. The quantitative estimate of drug-likeness (QED) is 0.640. The molecule has 3 rings (SSSR count). The van der Waals surface area contributed by atoms with Crippen molar-refractivity contribution in [3.05, 3.63) is 52.5 Å². The number of nitrogens with one attached hydrogen (secondary N) is 2. The van der Waals surface area contributed by atoms with Crippen molar-refractivity contribution in [2.24, 2.45) is 0 Å². The first-order chi connectivity index (χ1) is 12.1. The predicted molar refractivity (Wildman–Crippen MR) is 101 cm³/mol. The summed E-state index contributed by atoms with van der Waals surface area (Å²) >= 11 is 13.0. The number of methoxy groups -OCH3 is 1. The summed E-state index contributed by atoms with van der Waals surface area (Å²) in [6, 6.07) is 11.8. The Morgan fingerprint density at radius 1 is 1.08 bits per heavy atom. The van der Waals surface area contributed by atoms with Crippen molar-refractivity contribution in [3.8, 4) is 16.3 Å². The Hall–Kier alpha value is -2.35. The lowest BCUT2D eigenvalue weighted by atomic mass is 10.2. The van der Waals surface area contributed by atoms with Gasteiger partial charge in [-0.05, 0) is 30.3 Å². The number of carbonyl (C=O) groups excluding carboxylic acids is 1. The van der Waals surface area contributed by atoms with Crippen LogP contribution in [0.25, 0.3) is 10.6 Å². The number of hydrogen-bond acceptors (Lipinski definition) is 5. The zero-order valence-electron chi connectivity index (χ0n) is 12.9. The van der Waals surface area contributed by atoms with Crippen molar-refractivity contribution in [3.63, 3.8) is 0 Å². The van der Waals surface area contributed by atoms with Crippen molar-refractivity contribution >= 4 is 51.4 Å². The third-order valence-electron chi connectivity index (χ3n) is 3.16. The summed E-state index contributed by atoms with van der Waals surface area (Å²) in [6.07, 6.45) is 0. The summed E-state index contributed by atoms with van der Waals surface area (Å²) in [6.45, 7) is 0. The van der Waals surface area contributed by atoms with Gasteiger partial charge in [-0.25, -0.2) is 4.79 Å². The number of nitrogens with zero attached hydrogens (tertiary/aromatic N) is 2. The van der Waals surface area contributed by atoms with E-state index in [9.17, 15) is 4.79 Å². The molecule has 2 amide bonds. The normalized spacial score (nSPS) is 10.4. The molecule has 0 unspecified atom stereocenters. The number of para-hydroxylation sites is 1. The number of amides is 2. The number of anilines is 2. The highest BCUT2D eigenvalue weighted by Crippen LogP contribution is 2.33. The van der Waals surface area contributed by atoms with Crippen molar-refractivity contribution < 1.29 is 9.53 Å². The number of carbonyl (C=O) groups is 1. The largest absolute Gasteiger partial charge is 0.496 e. The fourth-order valence-electron chi connectivity index (χ4n) is 2.04. The van der Waals surface area contributed by atoms with Crippen LogP contribution in [-0.4, -0.2) is 23.3 Å². The maximum absolute atomic E-state index is 12.1. The highest BCUT2D eigenvalue weighted by molar-refractivity contribution is 7.18. The van der Waals surface area contributed by atoms with Crippen molar-refractivity contribution in [2.75, 3.05) is 17.7 Å². The number of rotatable bonds is 4. The SMILES string of the molecule is COc1ccccc1-c1nnc(NC(=O)Nc2ccc(Cl)c(Cl)c2)s1. The zero-order valence-corrected chi connectivity index (χ0v) is 15.2. The van der Waals surface area contributed by atoms with Gasteiger partial charge in [-0.3, -0.25) is 5.32 Å². The third kappa shape index (κ3) is 4.19. The van der Waals surface area contributed by atoms with Gasteiger partial charge in [0.2, 0.25) is 5.13 Å². The number of benzene rings is 2. The molecular formula is C16H12Cl2N4O2S. The maximum Gasteiger partial charge on any atom is 0.325 e. The van der Waals surface area contributed by atoms with Gasteiger partial charge < -0.3 is 10.1 Å². The van der Waals surface area contributed by atoms with Crippen molar-refractivity contribution in [1.82, 2.24) is 10.2 Å². The molecule has 1 aromatic heterocycles. The van der Waals surface area contributed by atoms with E-state index >= 15 is 0 Å². The number of aromatic nitrogens is 2. The van der Waals surface area contributed by atoms with Crippen LogP contribution in [0.3, 0.4) is 0 Å². The molecule has 0 aliphatic carbocycles. The van der Waals surface area contributed by atoms with Crippen LogP contribution < -0.4 is 15.4 Å². The van der Waals surface area contributed by atoms with E-state index in [0.29, 0.717) is 31.6 Å². The Kier molecular flexibility index (Phi) is 5.37. The summed E-state index contributed by atoms with van der Waals surface area (Å²) in [7, 11) is 1.59. The molecule has 2 aromatic carbocycles. The molecule has 0 aliphatic rings. The van der Waals surface area contributed by atoms with E-state index in [1.54, 1.807) is 25.3 Å². The molecule has 0 atom stereocenters. The van der Waals surface area contributed by atoms with E-state index in [-0.39, 0.29) is 0 Å². The van der Waals surface area contributed by atoms with E-state index in [1.165, 1.54) is 11.3 Å². The van der Waals surface area contributed by atoms with Gasteiger partial charge in [-0.2, -0.15) is 0 Å². The first-order valence-electron chi connectivity index (χ1n) is 7.07. The molecule has 0 fully saturated rings. The van der Waals surface area contributed by atoms with E-state index in [4.69, 9.17) is 27.9 Å². The fourth-order valence-corrected chi connectivity index (χ4v) is 3.10. The summed E-state index contributed by atoms with van der Waals surface area (Å²) < 4.78 is 5.31. The Morgan fingerprint density at radius 2 is 1.88 bits per heavy atom. The van der Waals surface area contributed by atoms with Gasteiger partial charge in [0.1, 0.15) is 5.75 Å². The van der Waals surface area contributed by atoms with Crippen molar-refractivity contribution in [1.29, 1.82) is 0 Å². The predicted octanol–water partition coefficient (Wildman–Crippen LogP) is 5.16. The molecule has 128 valence electrons. The lowest BCUT2D eigenvalue weighted by molar-refractivity contribution is 0.262. The second-order valence-corrected chi connectivity index (χ2v) is 6.61. The molecule has 0 bridgehead atoms. The van der Waals surface area contributed by atoms with Crippen molar-refractivity contribution in [2.45, 2.75) is 0 Å². The molecule has 0 spiro atoms. The summed E-state index contributed by atoms with van der Waals surface area (Å²) in [5.74, 6) is 0.686. The molecule has 3 aromatic rings. The van der Waals surface area contributed by atoms with Crippen LogP contribution in [0, 0.1) is 0 Å². The number of urea groups is 1. The lowest BCUT2D eigenvalue weighted by Crippen LogP contribution is -2.19. The minimum Gasteiger partial charge on any atom is -0.496 e. The molecule has 1 heterocycles. The molecule has 2 N–H and O–H groups in total. The number of halogens is 2. The van der Waals surface area contributed by atoms with E-state index in [2.05, 4.69) is 20.8 Å². The lowest BCUT2D eigenvalue weighted by Gasteiger charge is -2.06. The number of ether oxygens (including phenoxy) is 1. The average Bonchev–Trinajstić information content (AvgIpc) is 3.06. The van der Waals surface area contributed by atoms with Gasteiger partial charge in [0, 0.05) is 5.69 Å². The van der Waals surface area contributed by atoms with Crippen LogP contribution in [-0.2, 0) is 0 Å². The first-order valence-corrected chi connectivity index (χ1v) is 8.64. The van der Waals surface area contributed by atoms with E-state index in [1.807, 2.05) is 24.3 Å². The highest BCUT2D eigenvalue weighted by atomic mass is 35.5. The third-order valence-corrected chi connectivity index (χ3v) is 4.77. The smallest absolute Gasteiger partial charge is 0.325 e. The van der Waals surface area contributed by atoms with Crippen LogP contribution in [0.15, 0.2) is 42.5 Å². The van der Waals surface area contributed by atoms with E-state index < -0.39 is 6.03 Å². The van der Waals surface area contributed by atoms with Crippen LogP contribution in [0.2, 0.25) is 10.0 Å². The van der Waals surface area contributed by atoms with Gasteiger partial charge in [-0.15, -0.1) is 10.2 Å². The topological polar surface area (TPSA) is 76.1 Å².